The number of aryl methyl sites for hydroxylation is 1. The number of aromatic nitrogens is 2. The topological polar surface area (TPSA) is 141 Å². The number of nitrogens with zero attached hydrogens (tertiary/aromatic N) is 2. The molecule has 0 aliphatic rings. The zero-order valence-corrected chi connectivity index (χ0v) is 21.3. The molecule has 208 valence electrons. The lowest BCUT2D eigenvalue weighted by Crippen LogP contribution is -2.10. The molecule has 0 aliphatic heterocycles. The Balaban J connectivity index is 0.000000320. The molecule has 0 atom stereocenters. The van der Waals surface area contributed by atoms with E-state index in [-0.39, 0.29) is 30.6 Å². The number of ether oxygens (including phenoxy) is 1. The Morgan fingerprint density at radius 1 is 1.15 bits per heavy atom. The highest BCUT2D eigenvalue weighted by molar-refractivity contribution is 7.85. The molecule has 0 fully saturated rings. The van der Waals surface area contributed by atoms with E-state index in [1.807, 2.05) is 6.92 Å². The van der Waals surface area contributed by atoms with Crippen LogP contribution in [0.1, 0.15) is 16.8 Å². The van der Waals surface area contributed by atoms with Crippen LogP contribution >= 0.6 is 0 Å². The van der Waals surface area contributed by atoms with Gasteiger partial charge in [-0.1, -0.05) is 17.7 Å². The maximum atomic E-state index is 12.7. The van der Waals surface area contributed by atoms with Crippen LogP contribution in [0.4, 0.5) is 23.6 Å². The highest BCUT2D eigenvalue weighted by Crippen LogP contribution is 2.28. The zero-order valence-electron chi connectivity index (χ0n) is 20.4. The lowest BCUT2D eigenvalue weighted by molar-refractivity contribution is -0.141. The standard InChI is InChI=1S/C18H16F4N4O2.C7H8O3S/c19-7-12(8-23)10-27-13-1-2-14-15(6-13)28-17(26-14)25-9-11-3-4-24-16(5-11)18(20,21)22;1-6-2-4-7(5-3-6)11(8,9)10/h1-7H,8-10,23H2,(H,25,26);2-5H,1H3,(H,8,9,10). The fraction of sp³-hybridized carbons (Fsp3) is 0.200. The van der Waals surface area contributed by atoms with Crippen LogP contribution in [0.5, 0.6) is 5.75 Å². The third-order valence-corrected chi connectivity index (χ3v) is 5.95. The molecular weight excluding hydrogens is 544 g/mol. The second-order valence-corrected chi connectivity index (χ2v) is 9.52. The lowest BCUT2D eigenvalue weighted by atomic mass is 10.2. The first-order valence-electron chi connectivity index (χ1n) is 11.2. The molecule has 2 aromatic heterocycles. The van der Waals surface area contributed by atoms with Crippen LogP contribution in [-0.4, -0.2) is 36.1 Å². The van der Waals surface area contributed by atoms with Gasteiger partial charge in [0.25, 0.3) is 16.1 Å². The number of fused-ring (bicyclic) bond motifs is 1. The first kappa shape index (κ1) is 29.5. The number of benzene rings is 2. The summed E-state index contributed by atoms with van der Waals surface area (Å²) in [6.07, 6.45) is -3.01. The summed E-state index contributed by atoms with van der Waals surface area (Å²) in [6, 6.07) is 13.4. The molecule has 4 N–H and O–H groups in total. The fourth-order valence-corrected chi connectivity index (χ4v) is 3.49. The molecule has 9 nitrogen and oxygen atoms in total. The second kappa shape index (κ2) is 12.7. The minimum atomic E-state index is -4.51. The van der Waals surface area contributed by atoms with Crippen molar-refractivity contribution in [3.63, 3.8) is 0 Å². The van der Waals surface area contributed by atoms with Crippen molar-refractivity contribution in [2.24, 2.45) is 5.73 Å². The van der Waals surface area contributed by atoms with E-state index in [9.17, 15) is 26.0 Å². The molecule has 2 heterocycles. The summed E-state index contributed by atoms with van der Waals surface area (Å²) in [6.45, 7) is 1.96. The Kier molecular flexibility index (Phi) is 9.61. The summed E-state index contributed by atoms with van der Waals surface area (Å²) >= 11 is 0. The lowest BCUT2D eigenvalue weighted by Gasteiger charge is -2.07. The minimum absolute atomic E-state index is 0.00132. The van der Waals surface area contributed by atoms with Crippen LogP contribution < -0.4 is 15.8 Å². The smallest absolute Gasteiger partial charge is 0.433 e. The van der Waals surface area contributed by atoms with E-state index in [0.717, 1.165) is 17.8 Å². The average molecular weight is 569 g/mol. The number of hydrogen-bond donors (Lipinski definition) is 3. The molecule has 39 heavy (non-hydrogen) atoms. The van der Waals surface area contributed by atoms with E-state index in [1.54, 1.807) is 30.3 Å². The predicted molar refractivity (Wildman–Crippen MR) is 135 cm³/mol. The van der Waals surface area contributed by atoms with Crippen molar-refractivity contribution in [2.45, 2.75) is 24.5 Å². The Bertz CT molecular complexity index is 1540. The van der Waals surface area contributed by atoms with Gasteiger partial charge in [0, 0.05) is 30.9 Å². The van der Waals surface area contributed by atoms with Gasteiger partial charge < -0.3 is 20.2 Å². The van der Waals surface area contributed by atoms with Crippen molar-refractivity contribution < 1.29 is 39.7 Å². The number of nitrogens with two attached hydrogens (primary N) is 1. The second-order valence-electron chi connectivity index (χ2n) is 8.10. The summed E-state index contributed by atoms with van der Waals surface area (Å²) in [4.78, 5) is 7.45. The van der Waals surface area contributed by atoms with Gasteiger partial charge >= 0.3 is 6.18 Å². The van der Waals surface area contributed by atoms with E-state index in [0.29, 0.717) is 34.3 Å². The van der Waals surface area contributed by atoms with Crippen molar-refractivity contribution in [2.75, 3.05) is 18.5 Å². The van der Waals surface area contributed by atoms with Gasteiger partial charge in [-0.25, -0.2) is 4.39 Å². The van der Waals surface area contributed by atoms with E-state index in [4.69, 9.17) is 19.4 Å². The SMILES string of the molecule is Cc1ccc(S(=O)(=O)O)cc1.NCC(=CF)COc1ccc2nc(NCc3ccnc(C(F)(F)F)c3)oc2c1. The Hall–Kier alpha value is -4.01. The maximum Gasteiger partial charge on any atom is 0.433 e. The van der Waals surface area contributed by atoms with Crippen molar-refractivity contribution in [3.8, 4) is 5.75 Å². The van der Waals surface area contributed by atoms with Gasteiger partial charge in [-0.3, -0.25) is 9.54 Å². The number of nitrogens with one attached hydrogen (secondary N) is 1. The summed E-state index contributed by atoms with van der Waals surface area (Å²) < 4.78 is 91.2. The van der Waals surface area contributed by atoms with Crippen LogP contribution in [0.15, 0.2) is 82.0 Å². The molecule has 0 amide bonds. The van der Waals surface area contributed by atoms with Gasteiger partial charge in [0.2, 0.25) is 0 Å². The Morgan fingerprint density at radius 3 is 2.49 bits per heavy atom. The average Bonchev–Trinajstić information content (AvgIpc) is 3.30. The van der Waals surface area contributed by atoms with E-state index in [1.165, 1.54) is 18.2 Å². The maximum absolute atomic E-state index is 12.7. The van der Waals surface area contributed by atoms with Crippen LogP contribution in [0.3, 0.4) is 0 Å². The third kappa shape index (κ3) is 8.77. The summed E-state index contributed by atoms with van der Waals surface area (Å²) in [5, 5.41) is 2.83. The van der Waals surface area contributed by atoms with Gasteiger partial charge in [0.1, 0.15) is 23.6 Å². The predicted octanol–water partition coefficient (Wildman–Crippen LogP) is 5.29. The molecule has 0 spiro atoms. The molecule has 0 saturated heterocycles. The first-order chi connectivity index (χ1) is 18.4. The number of alkyl halides is 3. The van der Waals surface area contributed by atoms with Gasteiger partial charge in [-0.2, -0.15) is 26.6 Å². The molecular formula is C25H24F4N4O5S. The molecule has 0 unspecified atom stereocenters. The highest BCUT2D eigenvalue weighted by Gasteiger charge is 2.32. The normalized spacial score (nSPS) is 12.1. The molecule has 4 aromatic rings. The molecule has 14 heteroatoms. The number of pyridine rings is 1. The van der Waals surface area contributed by atoms with Gasteiger partial charge in [-0.05, 0) is 48.9 Å². The van der Waals surface area contributed by atoms with Crippen molar-refractivity contribution in [1.82, 2.24) is 9.97 Å². The van der Waals surface area contributed by atoms with Gasteiger partial charge in [0.15, 0.2) is 5.58 Å². The number of halogens is 4. The summed E-state index contributed by atoms with van der Waals surface area (Å²) in [5.74, 6) is 0.437. The van der Waals surface area contributed by atoms with Crippen molar-refractivity contribution in [3.05, 3.63) is 89.5 Å². The third-order valence-electron chi connectivity index (χ3n) is 5.08. The van der Waals surface area contributed by atoms with Crippen LogP contribution in [0, 0.1) is 6.92 Å². The largest absolute Gasteiger partial charge is 0.489 e. The summed E-state index contributed by atoms with van der Waals surface area (Å²) in [5.41, 5.74) is 6.97. The fourth-order valence-electron chi connectivity index (χ4n) is 3.01. The monoisotopic (exact) mass is 568 g/mol. The quantitative estimate of drug-likeness (QED) is 0.191. The minimum Gasteiger partial charge on any atom is -0.489 e. The number of hydrogen-bond acceptors (Lipinski definition) is 8. The molecule has 4 rings (SSSR count). The first-order valence-corrected chi connectivity index (χ1v) is 12.6. The molecule has 2 aromatic carbocycles. The highest BCUT2D eigenvalue weighted by atomic mass is 32.2. The number of anilines is 1. The Labute approximate surface area is 221 Å². The molecule has 0 bridgehead atoms. The van der Waals surface area contributed by atoms with E-state index >= 15 is 0 Å². The van der Waals surface area contributed by atoms with Gasteiger partial charge in [-0.15, -0.1) is 0 Å². The Morgan fingerprint density at radius 2 is 1.87 bits per heavy atom. The molecule has 0 radical (unpaired) electrons. The number of rotatable bonds is 8. The molecule has 0 aliphatic carbocycles. The van der Waals surface area contributed by atoms with E-state index in [2.05, 4.69) is 15.3 Å². The van der Waals surface area contributed by atoms with Crippen LogP contribution in [0.2, 0.25) is 0 Å². The van der Waals surface area contributed by atoms with Crippen molar-refractivity contribution >= 4 is 27.2 Å². The van der Waals surface area contributed by atoms with Crippen LogP contribution in [0.25, 0.3) is 11.1 Å². The summed E-state index contributed by atoms with van der Waals surface area (Å²) in [7, 11) is -4.02. The van der Waals surface area contributed by atoms with Crippen molar-refractivity contribution in [1.29, 1.82) is 0 Å². The zero-order chi connectivity index (χ0) is 28.6. The van der Waals surface area contributed by atoms with E-state index < -0.39 is 22.0 Å². The molecule has 0 saturated carbocycles. The van der Waals surface area contributed by atoms with Gasteiger partial charge in [0.05, 0.1) is 11.2 Å². The number of oxazole rings is 1. The van der Waals surface area contributed by atoms with Crippen LogP contribution in [-0.2, 0) is 22.8 Å².